The van der Waals surface area contributed by atoms with E-state index in [0.29, 0.717) is 23.8 Å². The van der Waals surface area contributed by atoms with Crippen molar-refractivity contribution in [2.75, 3.05) is 36.1 Å². The number of hydrogen-bond acceptors (Lipinski definition) is 5. The van der Waals surface area contributed by atoms with E-state index in [1.54, 1.807) is 30.3 Å². The van der Waals surface area contributed by atoms with Crippen LogP contribution in [0.15, 0.2) is 42.5 Å². The summed E-state index contributed by atoms with van der Waals surface area (Å²) in [5, 5.41) is 2.91. The molecule has 0 atom stereocenters. The highest BCUT2D eigenvalue weighted by atomic mass is 35.5. The van der Waals surface area contributed by atoms with E-state index in [-0.39, 0.29) is 10.7 Å². The van der Waals surface area contributed by atoms with Gasteiger partial charge in [-0.2, -0.15) is 0 Å². The highest BCUT2D eigenvalue weighted by Gasteiger charge is 2.22. The second-order valence-electron chi connectivity index (χ2n) is 5.59. The number of anilines is 2. The Morgan fingerprint density at radius 1 is 1.19 bits per heavy atom. The second kappa shape index (κ2) is 8.96. The smallest absolute Gasteiger partial charge is 0.245 e. The van der Waals surface area contributed by atoms with Crippen LogP contribution in [-0.2, 0) is 14.8 Å². The second-order valence-corrected chi connectivity index (χ2v) is 7.91. The van der Waals surface area contributed by atoms with Gasteiger partial charge in [0.1, 0.15) is 18.0 Å². The van der Waals surface area contributed by atoms with Crippen LogP contribution in [0, 0.1) is 0 Å². The Balaban J connectivity index is 2.16. The molecule has 0 saturated heterocycles. The number of methoxy groups -OCH3 is 1. The van der Waals surface area contributed by atoms with Crippen molar-refractivity contribution < 1.29 is 22.7 Å². The van der Waals surface area contributed by atoms with Gasteiger partial charge in [-0.15, -0.1) is 0 Å². The molecule has 0 aromatic heterocycles. The van der Waals surface area contributed by atoms with Gasteiger partial charge in [0.15, 0.2) is 0 Å². The maximum atomic E-state index is 12.4. The van der Waals surface area contributed by atoms with Crippen LogP contribution in [0.25, 0.3) is 0 Å². The number of benzene rings is 2. The largest absolute Gasteiger partial charge is 0.495 e. The van der Waals surface area contributed by atoms with E-state index >= 15 is 0 Å². The number of halogens is 1. The summed E-state index contributed by atoms with van der Waals surface area (Å²) in [6.07, 6.45) is 1.02. The quantitative estimate of drug-likeness (QED) is 0.719. The minimum absolute atomic E-state index is 0.246. The highest BCUT2D eigenvalue weighted by Crippen LogP contribution is 2.30. The number of amides is 1. The number of hydrogen-bond donors (Lipinski definition) is 1. The molecule has 2 aromatic carbocycles. The number of sulfonamides is 1. The van der Waals surface area contributed by atoms with Crippen LogP contribution in [-0.4, -0.2) is 40.8 Å². The van der Waals surface area contributed by atoms with Crippen molar-refractivity contribution in [3.8, 4) is 11.5 Å². The summed E-state index contributed by atoms with van der Waals surface area (Å²) < 4.78 is 35.7. The molecule has 1 amide bonds. The van der Waals surface area contributed by atoms with E-state index in [0.717, 1.165) is 10.6 Å². The molecule has 7 nitrogen and oxygen atoms in total. The Morgan fingerprint density at radius 3 is 2.37 bits per heavy atom. The number of nitrogens with one attached hydrogen (secondary N) is 1. The van der Waals surface area contributed by atoms with Crippen molar-refractivity contribution >= 4 is 38.9 Å². The molecule has 0 aliphatic rings. The maximum absolute atomic E-state index is 12.4. The van der Waals surface area contributed by atoms with Crippen LogP contribution in [0.5, 0.6) is 11.5 Å². The van der Waals surface area contributed by atoms with Crippen molar-refractivity contribution in [1.82, 2.24) is 0 Å². The molecule has 0 bridgehead atoms. The first-order valence-electron chi connectivity index (χ1n) is 8.08. The fourth-order valence-electron chi connectivity index (χ4n) is 2.34. The summed E-state index contributed by atoms with van der Waals surface area (Å²) in [5.74, 6) is 0.602. The van der Waals surface area contributed by atoms with Gasteiger partial charge in [-0.05, 0) is 49.4 Å². The summed E-state index contributed by atoms with van der Waals surface area (Å²) in [7, 11) is -2.24. The molecule has 0 aliphatic carbocycles. The third-order valence-corrected chi connectivity index (χ3v) is 5.00. The SMILES string of the molecule is CCOc1ccc(NC(=O)CN(c2ccc(OC)c(Cl)c2)S(C)(=O)=O)cc1. The van der Waals surface area contributed by atoms with E-state index in [9.17, 15) is 13.2 Å². The van der Waals surface area contributed by atoms with Gasteiger partial charge in [-0.3, -0.25) is 9.10 Å². The first kappa shape index (κ1) is 20.9. The summed E-state index contributed by atoms with van der Waals surface area (Å²) in [6, 6.07) is 11.3. The molecule has 27 heavy (non-hydrogen) atoms. The average molecular weight is 413 g/mol. The zero-order valence-electron chi connectivity index (χ0n) is 15.2. The van der Waals surface area contributed by atoms with Gasteiger partial charge >= 0.3 is 0 Å². The summed E-state index contributed by atoms with van der Waals surface area (Å²) in [4.78, 5) is 12.4. The molecular formula is C18H21ClN2O5S. The van der Waals surface area contributed by atoms with Crippen molar-refractivity contribution in [3.05, 3.63) is 47.5 Å². The molecule has 2 rings (SSSR count). The molecule has 0 radical (unpaired) electrons. The van der Waals surface area contributed by atoms with Crippen LogP contribution < -0.4 is 19.1 Å². The number of carbonyl (C=O) groups is 1. The van der Waals surface area contributed by atoms with Gasteiger partial charge in [-0.1, -0.05) is 11.6 Å². The molecule has 0 unspecified atom stereocenters. The standard InChI is InChI=1S/C18H21ClN2O5S/c1-4-26-15-8-5-13(6-9-15)20-18(22)12-21(27(3,23)24)14-7-10-17(25-2)16(19)11-14/h5-11H,4,12H2,1-3H3,(H,20,22). The fourth-order valence-corrected chi connectivity index (χ4v) is 3.44. The normalized spacial score (nSPS) is 11.0. The van der Waals surface area contributed by atoms with Crippen LogP contribution in [0.1, 0.15) is 6.92 Å². The summed E-state index contributed by atoms with van der Waals surface area (Å²) in [6.45, 7) is 2.02. The summed E-state index contributed by atoms with van der Waals surface area (Å²) in [5.41, 5.74) is 0.801. The van der Waals surface area contributed by atoms with Crippen molar-refractivity contribution in [1.29, 1.82) is 0 Å². The molecule has 9 heteroatoms. The van der Waals surface area contributed by atoms with Crippen LogP contribution in [0.2, 0.25) is 5.02 Å². The Hall–Kier alpha value is -2.45. The lowest BCUT2D eigenvalue weighted by molar-refractivity contribution is -0.114. The lowest BCUT2D eigenvalue weighted by atomic mass is 10.3. The number of rotatable bonds is 8. The third kappa shape index (κ3) is 5.77. The van der Waals surface area contributed by atoms with Crippen molar-refractivity contribution in [2.45, 2.75) is 6.92 Å². The Morgan fingerprint density at radius 2 is 1.85 bits per heavy atom. The van der Waals surface area contributed by atoms with Crippen LogP contribution in [0.3, 0.4) is 0 Å². The van der Waals surface area contributed by atoms with E-state index < -0.39 is 22.5 Å². The lowest BCUT2D eigenvalue weighted by Gasteiger charge is -2.22. The van der Waals surface area contributed by atoms with Gasteiger partial charge in [0.25, 0.3) is 0 Å². The summed E-state index contributed by atoms with van der Waals surface area (Å²) >= 11 is 6.07. The number of carbonyl (C=O) groups excluding carboxylic acids is 1. The molecule has 0 aliphatic heterocycles. The predicted molar refractivity (Wildman–Crippen MR) is 106 cm³/mol. The Kier molecular flexibility index (Phi) is 6.92. The molecule has 0 saturated carbocycles. The molecular weight excluding hydrogens is 392 g/mol. The zero-order valence-corrected chi connectivity index (χ0v) is 16.8. The highest BCUT2D eigenvalue weighted by molar-refractivity contribution is 7.92. The Bertz CT molecular complexity index is 900. The molecule has 146 valence electrons. The number of ether oxygens (including phenoxy) is 2. The molecule has 1 N–H and O–H groups in total. The predicted octanol–water partition coefficient (Wildman–Crippen LogP) is 3.15. The van der Waals surface area contributed by atoms with Gasteiger partial charge in [0, 0.05) is 5.69 Å². The Labute approximate surface area is 163 Å². The van der Waals surface area contributed by atoms with E-state index in [1.165, 1.54) is 19.2 Å². The van der Waals surface area contributed by atoms with Crippen LogP contribution >= 0.6 is 11.6 Å². The van der Waals surface area contributed by atoms with E-state index in [2.05, 4.69) is 5.32 Å². The van der Waals surface area contributed by atoms with Gasteiger partial charge in [0.05, 0.1) is 30.7 Å². The molecule has 0 heterocycles. The van der Waals surface area contributed by atoms with E-state index in [4.69, 9.17) is 21.1 Å². The number of nitrogens with zero attached hydrogens (tertiary/aromatic N) is 1. The van der Waals surface area contributed by atoms with Crippen LogP contribution in [0.4, 0.5) is 11.4 Å². The van der Waals surface area contributed by atoms with Gasteiger partial charge in [-0.25, -0.2) is 8.42 Å². The average Bonchev–Trinajstić information content (AvgIpc) is 2.60. The minimum atomic E-state index is -3.70. The minimum Gasteiger partial charge on any atom is -0.495 e. The lowest BCUT2D eigenvalue weighted by Crippen LogP contribution is -2.37. The third-order valence-electron chi connectivity index (χ3n) is 3.56. The molecule has 0 fully saturated rings. The van der Waals surface area contributed by atoms with Crippen molar-refractivity contribution in [3.63, 3.8) is 0 Å². The van der Waals surface area contributed by atoms with Crippen molar-refractivity contribution in [2.24, 2.45) is 0 Å². The molecule has 2 aromatic rings. The monoisotopic (exact) mass is 412 g/mol. The van der Waals surface area contributed by atoms with E-state index in [1.807, 2.05) is 6.92 Å². The molecule has 0 spiro atoms. The fraction of sp³-hybridized carbons (Fsp3) is 0.278. The first-order valence-corrected chi connectivity index (χ1v) is 10.3. The van der Waals surface area contributed by atoms with Gasteiger partial charge < -0.3 is 14.8 Å². The van der Waals surface area contributed by atoms with Gasteiger partial charge in [0.2, 0.25) is 15.9 Å². The maximum Gasteiger partial charge on any atom is 0.245 e. The first-order chi connectivity index (χ1) is 12.7. The zero-order chi connectivity index (χ0) is 20.0. The topological polar surface area (TPSA) is 84.9 Å².